The summed E-state index contributed by atoms with van der Waals surface area (Å²) in [5, 5.41) is 0.719. The molecule has 0 aromatic heterocycles. The SMILES string of the molecule is Cc1cc(Cl)ccc1N=C1CC(=O)CC(C)(C)C1. The number of rotatable bonds is 1. The minimum atomic E-state index is 0.0362. The number of benzene rings is 1. The van der Waals surface area contributed by atoms with Gasteiger partial charge in [-0.2, -0.15) is 0 Å². The van der Waals surface area contributed by atoms with Gasteiger partial charge in [-0.3, -0.25) is 9.79 Å². The van der Waals surface area contributed by atoms with Crippen molar-refractivity contribution in [2.75, 3.05) is 0 Å². The summed E-state index contributed by atoms with van der Waals surface area (Å²) in [5.41, 5.74) is 2.99. The normalized spacial score (nSPS) is 21.3. The second-order valence-electron chi connectivity index (χ2n) is 5.84. The molecule has 2 nitrogen and oxygen atoms in total. The number of hydrogen-bond donors (Lipinski definition) is 0. The van der Waals surface area contributed by atoms with Crippen molar-refractivity contribution >= 4 is 28.8 Å². The Bertz CT molecular complexity index is 517. The molecule has 2 rings (SSSR count). The Labute approximate surface area is 113 Å². The fourth-order valence-electron chi connectivity index (χ4n) is 2.49. The number of ketones is 1. The van der Waals surface area contributed by atoms with E-state index in [2.05, 4.69) is 18.8 Å². The number of halogens is 1. The summed E-state index contributed by atoms with van der Waals surface area (Å²) in [6, 6.07) is 5.65. The Balaban J connectivity index is 2.30. The lowest BCUT2D eigenvalue weighted by molar-refractivity contribution is -0.120. The Morgan fingerprint density at radius 3 is 2.61 bits per heavy atom. The van der Waals surface area contributed by atoms with E-state index < -0.39 is 0 Å². The molecule has 1 aliphatic rings. The molecule has 3 heteroatoms. The molecule has 0 saturated heterocycles. The van der Waals surface area contributed by atoms with E-state index in [1.165, 1.54) is 0 Å². The Hall–Kier alpha value is -1.15. The molecular weight excluding hydrogens is 246 g/mol. The van der Waals surface area contributed by atoms with Crippen molar-refractivity contribution in [2.45, 2.75) is 40.0 Å². The van der Waals surface area contributed by atoms with E-state index in [-0.39, 0.29) is 11.2 Å². The molecule has 1 aromatic rings. The van der Waals surface area contributed by atoms with Gasteiger partial charge in [0.25, 0.3) is 0 Å². The van der Waals surface area contributed by atoms with Crippen LogP contribution in [0.3, 0.4) is 0 Å². The number of aliphatic imine (C=N–C) groups is 1. The van der Waals surface area contributed by atoms with E-state index >= 15 is 0 Å². The summed E-state index contributed by atoms with van der Waals surface area (Å²) in [4.78, 5) is 16.4. The number of carbonyl (C=O) groups excluding carboxylic acids is 1. The maximum atomic E-state index is 11.7. The molecule has 0 aliphatic heterocycles. The van der Waals surface area contributed by atoms with Crippen LogP contribution in [0.25, 0.3) is 0 Å². The predicted octanol–water partition coefficient (Wildman–Crippen LogP) is 4.50. The van der Waals surface area contributed by atoms with Gasteiger partial charge in [0, 0.05) is 23.6 Å². The predicted molar refractivity (Wildman–Crippen MR) is 75.9 cm³/mol. The van der Waals surface area contributed by atoms with Crippen LogP contribution in [0.5, 0.6) is 0 Å². The molecule has 1 aliphatic carbocycles. The fourth-order valence-corrected chi connectivity index (χ4v) is 2.72. The van der Waals surface area contributed by atoms with Gasteiger partial charge in [-0.1, -0.05) is 25.4 Å². The van der Waals surface area contributed by atoms with Crippen molar-refractivity contribution in [1.29, 1.82) is 0 Å². The van der Waals surface area contributed by atoms with Gasteiger partial charge in [0.1, 0.15) is 5.78 Å². The lowest BCUT2D eigenvalue weighted by atomic mass is 9.76. The molecule has 0 amide bonds. The Morgan fingerprint density at radius 1 is 1.28 bits per heavy atom. The minimum Gasteiger partial charge on any atom is -0.299 e. The first-order valence-corrected chi connectivity index (χ1v) is 6.58. The van der Waals surface area contributed by atoms with Crippen molar-refractivity contribution in [3.8, 4) is 0 Å². The fraction of sp³-hybridized carbons (Fsp3) is 0.467. The first kappa shape index (κ1) is 13.3. The van der Waals surface area contributed by atoms with Crippen LogP contribution in [0.2, 0.25) is 5.02 Å². The molecule has 0 unspecified atom stereocenters. The third-order valence-electron chi connectivity index (χ3n) is 3.20. The summed E-state index contributed by atoms with van der Waals surface area (Å²) >= 11 is 5.93. The molecule has 0 radical (unpaired) electrons. The van der Waals surface area contributed by atoms with Crippen LogP contribution in [0.4, 0.5) is 5.69 Å². The highest BCUT2D eigenvalue weighted by molar-refractivity contribution is 6.30. The molecule has 0 atom stereocenters. The molecule has 0 heterocycles. The molecule has 1 saturated carbocycles. The summed E-state index contributed by atoms with van der Waals surface area (Å²) in [5.74, 6) is 0.289. The summed E-state index contributed by atoms with van der Waals surface area (Å²) in [6.07, 6.45) is 2.04. The lowest BCUT2D eigenvalue weighted by Crippen LogP contribution is -2.28. The third-order valence-corrected chi connectivity index (χ3v) is 3.43. The number of carbonyl (C=O) groups is 1. The van der Waals surface area contributed by atoms with Crippen LogP contribution in [0, 0.1) is 12.3 Å². The van der Waals surface area contributed by atoms with Crippen molar-refractivity contribution in [3.05, 3.63) is 28.8 Å². The van der Waals surface area contributed by atoms with Crippen LogP contribution in [0.15, 0.2) is 23.2 Å². The van der Waals surface area contributed by atoms with Gasteiger partial charge < -0.3 is 0 Å². The van der Waals surface area contributed by atoms with E-state index in [1.807, 2.05) is 25.1 Å². The van der Waals surface area contributed by atoms with E-state index in [1.54, 1.807) is 0 Å². The topological polar surface area (TPSA) is 29.4 Å². The van der Waals surface area contributed by atoms with Crippen LogP contribution < -0.4 is 0 Å². The van der Waals surface area contributed by atoms with E-state index in [0.29, 0.717) is 12.8 Å². The molecule has 1 fully saturated rings. The average Bonchev–Trinajstić information content (AvgIpc) is 2.19. The largest absolute Gasteiger partial charge is 0.299 e. The third kappa shape index (κ3) is 3.20. The second-order valence-corrected chi connectivity index (χ2v) is 6.28. The van der Waals surface area contributed by atoms with Gasteiger partial charge in [0.2, 0.25) is 0 Å². The van der Waals surface area contributed by atoms with Gasteiger partial charge in [-0.05, 0) is 42.5 Å². The zero-order valence-electron chi connectivity index (χ0n) is 11.1. The standard InChI is InChI=1S/C15H18ClNO/c1-10-6-11(16)4-5-14(10)17-12-7-13(18)9-15(2,3)8-12/h4-6H,7-9H2,1-3H3. The van der Waals surface area contributed by atoms with Gasteiger partial charge >= 0.3 is 0 Å². The average molecular weight is 264 g/mol. The van der Waals surface area contributed by atoms with Crippen LogP contribution in [-0.2, 0) is 4.79 Å². The first-order valence-electron chi connectivity index (χ1n) is 6.20. The van der Waals surface area contributed by atoms with Gasteiger partial charge in [-0.15, -0.1) is 0 Å². The second kappa shape index (κ2) is 4.85. The summed E-state index contributed by atoms with van der Waals surface area (Å²) in [7, 11) is 0. The first-order chi connectivity index (χ1) is 8.35. The zero-order valence-corrected chi connectivity index (χ0v) is 11.8. The Kier molecular flexibility index (Phi) is 3.58. The van der Waals surface area contributed by atoms with Crippen molar-refractivity contribution in [2.24, 2.45) is 10.4 Å². The molecule has 18 heavy (non-hydrogen) atoms. The molecule has 0 spiro atoms. The highest BCUT2D eigenvalue weighted by Crippen LogP contribution is 2.33. The zero-order chi connectivity index (χ0) is 13.3. The van der Waals surface area contributed by atoms with Crippen LogP contribution >= 0.6 is 11.6 Å². The molecule has 0 bridgehead atoms. The van der Waals surface area contributed by atoms with E-state index in [0.717, 1.165) is 28.4 Å². The Morgan fingerprint density at radius 2 is 2.00 bits per heavy atom. The van der Waals surface area contributed by atoms with Crippen molar-refractivity contribution < 1.29 is 4.79 Å². The van der Waals surface area contributed by atoms with Gasteiger partial charge in [0.05, 0.1) is 5.69 Å². The molecule has 1 aromatic carbocycles. The smallest absolute Gasteiger partial charge is 0.139 e. The monoisotopic (exact) mass is 263 g/mol. The van der Waals surface area contributed by atoms with Crippen LogP contribution in [-0.4, -0.2) is 11.5 Å². The maximum absolute atomic E-state index is 11.7. The van der Waals surface area contributed by atoms with E-state index in [9.17, 15) is 4.79 Å². The quantitative estimate of drug-likeness (QED) is 0.733. The highest BCUT2D eigenvalue weighted by atomic mass is 35.5. The lowest BCUT2D eigenvalue weighted by Gasteiger charge is -2.29. The van der Waals surface area contributed by atoms with Gasteiger partial charge in [-0.25, -0.2) is 0 Å². The molecule has 0 N–H and O–H groups in total. The number of nitrogens with zero attached hydrogens (tertiary/aromatic N) is 1. The van der Waals surface area contributed by atoms with Gasteiger partial charge in [0.15, 0.2) is 0 Å². The minimum absolute atomic E-state index is 0.0362. The number of hydrogen-bond acceptors (Lipinski definition) is 2. The van der Waals surface area contributed by atoms with E-state index in [4.69, 9.17) is 11.6 Å². The summed E-state index contributed by atoms with van der Waals surface area (Å²) < 4.78 is 0. The molecule has 96 valence electrons. The number of aryl methyl sites for hydroxylation is 1. The number of Topliss-reactive ketones (excluding diaryl/α,β-unsaturated/α-hetero) is 1. The highest BCUT2D eigenvalue weighted by Gasteiger charge is 2.30. The summed E-state index contributed by atoms with van der Waals surface area (Å²) in [6.45, 7) is 6.23. The van der Waals surface area contributed by atoms with Crippen LogP contribution in [0.1, 0.15) is 38.7 Å². The maximum Gasteiger partial charge on any atom is 0.139 e. The van der Waals surface area contributed by atoms with Crippen molar-refractivity contribution in [3.63, 3.8) is 0 Å². The van der Waals surface area contributed by atoms with Crippen molar-refractivity contribution in [1.82, 2.24) is 0 Å². The molecular formula is C15H18ClNO.